The third-order valence-corrected chi connectivity index (χ3v) is 12.3. The van der Waals surface area contributed by atoms with E-state index in [1.807, 2.05) is 73.5 Å². The number of amides is 4. The minimum Gasteiger partial charge on any atom is -0.353 e. The van der Waals surface area contributed by atoms with Gasteiger partial charge in [0.05, 0.1) is 56.0 Å². The molecule has 16 heteroatoms. The molecule has 8 rings (SSSR count). The Balaban J connectivity index is 0.829. The van der Waals surface area contributed by atoms with Gasteiger partial charge in [-0.15, -0.1) is 0 Å². The van der Waals surface area contributed by atoms with Crippen molar-refractivity contribution in [3.05, 3.63) is 84.4 Å². The fraction of sp³-hybridized carbons (Fsp3) is 0.467. The number of nitrogens with one attached hydrogen (secondary N) is 4. The van der Waals surface area contributed by atoms with Gasteiger partial charge in [0.25, 0.3) is 5.91 Å². The molecule has 4 aliphatic heterocycles. The van der Waals surface area contributed by atoms with Crippen molar-refractivity contribution in [3.8, 4) is 22.4 Å². The van der Waals surface area contributed by atoms with E-state index in [0.717, 1.165) is 34.6 Å². The molecule has 0 aliphatic carbocycles. The van der Waals surface area contributed by atoms with E-state index in [9.17, 15) is 19.2 Å². The summed E-state index contributed by atoms with van der Waals surface area (Å²) in [6.45, 7) is 8.60. The molecule has 0 bridgehead atoms. The van der Waals surface area contributed by atoms with Gasteiger partial charge >= 0.3 is 0 Å². The molecule has 2 aromatic carbocycles. The smallest absolute Gasteiger partial charge is 0.255 e. The van der Waals surface area contributed by atoms with Gasteiger partial charge in [0.15, 0.2) is 5.79 Å². The second kappa shape index (κ2) is 18.1. The maximum absolute atomic E-state index is 13.6. The molecule has 0 radical (unpaired) electrons. The molecule has 2 aromatic heterocycles. The SMILES string of the molecule is CNCC(=O)N1CC2(CC1c1nc(-c3ccc(-c4ccc(C(=O)Nc5ccc(N6CCN(C(=O)C7CCCN7C(=O)C(NC)C(C)C)CC6)nc5)cc4)cc3)c[nH]1)OCCO2. The summed E-state index contributed by atoms with van der Waals surface area (Å²) in [5.41, 5.74) is 4.76. The number of likely N-dealkylation sites (N-methyl/N-ethyl adjacent to an activating group) is 2. The number of nitrogens with zero attached hydrogens (tertiary/aromatic N) is 6. The zero-order valence-corrected chi connectivity index (χ0v) is 35.4. The number of carbonyl (C=O) groups is 4. The average molecular weight is 833 g/mol. The molecule has 4 saturated heterocycles. The molecule has 3 unspecified atom stereocenters. The summed E-state index contributed by atoms with van der Waals surface area (Å²) in [4.78, 5) is 73.4. The van der Waals surface area contributed by atoms with E-state index in [0.29, 0.717) is 82.4 Å². The molecule has 4 fully saturated rings. The van der Waals surface area contributed by atoms with Gasteiger partial charge in [-0.2, -0.15) is 0 Å². The molecule has 0 saturated carbocycles. The maximum atomic E-state index is 13.6. The number of carbonyl (C=O) groups excluding carboxylic acids is 4. The number of rotatable bonds is 12. The molecule has 4 aromatic rings. The van der Waals surface area contributed by atoms with Gasteiger partial charge in [-0.05, 0) is 68.2 Å². The molecule has 3 atom stereocenters. The number of aromatic nitrogens is 3. The number of hydrogen-bond donors (Lipinski definition) is 4. The predicted molar refractivity (Wildman–Crippen MR) is 230 cm³/mol. The van der Waals surface area contributed by atoms with Gasteiger partial charge in [0.2, 0.25) is 17.7 Å². The van der Waals surface area contributed by atoms with Gasteiger partial charge < -0.3 is 50.0 Å². The van der Waals surface area contributed by atoms with Gasteiger partial charge in [0.1, 0.15) is 17.7 Å². The van der Waals surface area contributed by atoms with Crippen LogP contribution in [0.4, 0.5) is 11.5 Å². The molecule has 4 N–H and O–H groups in total. The van der Waals surface area contributed by atoms with E-state index < -0.39 is 11.8 Å². The molecule has 61 heavy (non-hydrogen) atoms. The lowest BCUT2D eigenvalue weighted by Gasteiger charge is -2.38. The molecule has 16 nitrogen and oxygen atoms in total. The van der Waals surface area contributed by atoms with Gasteiger partial charge in [-0.25, -0.2) is 9.97 Å². The van der Waals surface area contributed by atoms with Crippen molar-refractivity contribution in [1.29, 1.82) is 0 Å². The minimum absolute atomic E-state index is 0.00233. The van der Waals surface area contributed by atoms with Crippen LogP contribution in [0.25, 0.3) is 22.4 Å². The first-order valence-electron chi connectivity index (χ1n) is 21.3. The Bertz CT molecular complexity index is 2180. The summed E-state index contributed by atoms with van der Waals surface area (Å²) in [6, 6.07) is 18.3. The van der Waals surface area contributed by atoms with Crippen LogP contribution in [0.1, 0.15) is 55.3 Å². The number of ether oxygens (including phenoxy) is 2. The summed E-state index contributed by atoms with van der Waals surface area (Å²) < 4.78 is 11.9. The maximum Gasteiger partial charge on any atom is 0.255 e. The summed E-state index contributed by atoms with van der Waals surface area (Å²) in [6.07, 6.45) is 5.55. The summed E-state index contributed by atoms with van der Waals surface area (Å²) >= 11 is 0. The standard InChI is InChI=1S/C45H56N10O6/c1-29(2)40(47-4)44(59)54-17-5-6-36(54)43(58)53-20-18-52(19-21-53)38-16-15-34(25-48-38)50-42(57)33-13-9-31(10-14-33)30-7-11-32(12-8-30)35-26-49-41(51-35)37-24-45(60-22-23-61-45)28-55(37)39(56)27-46-3/h7-16,25-26,29,36-37,40,46-47H,5-6,17-24,27-28H2,1-4H3,(H,49,51)(H,50,57). The first-order valence-corrected chi connectivity index (χ1v) is 21.3. The van der Waals surface area contributed by atoms with Gasteiger partial charge in [-0.3, -0.25) is 19.2 Å². The van der Waals surface area contributed by atoms with Crippen molar-refractivity contribution in [3.63, 3.8) is 0 Å². The van der Waals surface area contributed by atoms with Gasteiger partial charge in [-0.1, -0.05) is 50.2 Å². The van der Waals surface area contributed by atoms with Crippen LogP contribution in [-0.2, 0) is 23.9 Å². The first-order chi connectivity index (χ1) is 29.6. The monoisotopic (exact) mass is 832 g/mol. The molecule has 322 valence electrons. The van der Waals surface area contributed by atoms with Crippen LogP contribution >= 0.6 is 0 Å². The minimum atomic E-state index is -0.793. The Morgan fingerprint density at radius 3 is 2.20 bits per heavy atom. The lowest BCUT2D eigenvalue weighted by Crippen LogP contribution is -2.57. The highest BCUT2D eigenvalue weighted by molar-refractivity contribution is 6.04. The number of benzene rings is 2. The number of pyridine rings is 1. The number of piperazine rings is 1. The Hall–Kier alpha value is -5.68. The topological polar surface area (TPSA) is 177 Å². The van der Waals surface area contributed by atoms with E-state index >= 15 is 0 Å². The van der Waals surface area contributed by atoms with E-state index in [-0.39, 0.29) is 48.2 Å². The second-order valence-corrected chi connectivity index (χ2v) is 16.6. The van der Waals surface area contributed by atoms with Crippen molar-refractivity contribution in [2.45, 2.75) is 57.0 Å². The zero-order valence-electron chi connectivity index (χ0n) is 35.4. The quantitative estimate of drug-likeness (QED) is 0.164. The number of aromatic amines is 1. The van der Waals surface area contributed by atoms with Crippen LogP contribution in [0, 0.1) is 5.92 Å². The second-order valence-electron chi connectivity index (χ2n) is 16.6. The van der Waals surface area contributed by atoms with Crippen LogP contribution in [0.5, 0.6) is 0 Å². The fourth-order valence-electron chi connectivity index (χ4n) is 9.03. The van der Waals surface area contributed by atoms with Crippen molar-refractivity contribution in [1.82, 2.24) is 40.3 Å². The highest BCUT2D eigenvalue weighted by Crippen LogP contribution is 2.42. The summed E-state index contributed by atoms with van der Waals surface area (Å²) in [5.74, 6) is 0.563. The third-order valence-electron chi connectivity index (χ3n) is 12.3. The average Bonchev–Trinajstić information content (AvgIpc) is 4.12. The number of imidazole rings is 1. The van der Waals surface area contributed by atoms with E-state index in [1.165, 1.54) is 0 Å². The van der Waals surface area contributed by atoms with Crippen molar-refractivity contribution >= 4 is 35.1 Å². The number of hydrogen-bond acceptors (Lipinski definition) is 11. The van der Waals surface area contributed by atoms with Crippen LogP contribution in [-0.4, -0.2) is 144 Å². The van der Waals surface area contributed by atoms with Crippen LogP contribution in [0.3, 0.4) is 0 Å². The Morgan fingerprint density at radius 1 is 0.869 bits per heavy atom. The Kier molecular flexibility index (Phi) is 12.5. The van der Waals surface area contributed by atoms with Crippen molar-refractivity contribution < 1.29 is 28.7 Å². The third kappa shape index (κ3) is 8.89. The highest BCUT2D eigenvalue weighted by atomic mass is 16.7. The summed E-state index contributed by atoms with van der Waals surface area (Å²) in [5, 5.41) is 9.02. The van der Waals surface area contributed by atoms with Crippen LogP contribution < -0.4 is 20.9 Å². The van der Waals surface area contributed by atoms with Gasteiger partial charge in [0, 0.05) is 56.5 Å². The number of anilines is 2. The van der Waals surface area contributed by atoms with E-state index in [1.54, 1.807) is 42.2 Å². The van der Waals surface area contributed by atoms with E-state index in [4.69, 9.17) is 14.5 Å². The molecule has 6 heterocycles. The largest absolute Gasteiger partial charge is 0.353 e. The summed E-state index contributed by atoms with van der Waals surface area (Å²) in [7, 11) is 3.55. The number of likely N-dealkylation sites (tertiary alicyclic amines) is 2. The Labute approximate surface area is 356 Å². The molecule has 4 amide bonds. The lowest BCUT2D eigenvalue weighted by atomic mass is 10.0. The first kappa shape index (κ1) is 42.0. The molecule has 1 spiro atoms. The molecular weight excluding hydrogens is 777 g/mol. The molecule has 4 aliphatic rings. The Morgan fingerprint density at radius 2 is 1.56 bits per heavy atom. The van der Waals surface area contributed by atoms with Crippen molar-refractivity contribution in [2.75, 3.05) is 83.3 Å². The normalized spacial score (nSPS) is 20.5. The number of H-pyrrole nitrogens is 1. The van der Waals surface area contributed by atoms with Crippen LogP contribution in [0.2, 0.25) is 0 Å². The fourth-order valence-corrected chi connectivity index (χ4v) is 9.03. The zero-order chi connectivity index (χ0) is 42.7. The highest BCUT2D eigenvalue weighted by Gasteiger charge is 2.51. The van der Waals surface area contributed by atoms with Crippen LogP contribution in [0.15, 0.2) is 73.1 Å². The lowest BCUT2D eigenvalue weighted by molar-refractivity contribution is -0.152. The van der Waals surface area contributed by atoms with E-state index in [2.05, 4.69) is 30.8 Å². The molecular formula is C45H56N10O6. The predicted octanol–water partition coefficient (Wildman–Crippen LogP) is 3.51. The van der Waals surface area contributed by atoms with Crippen molar-refractivity contribution in [2.24, 2.45) is 5.92 Å².